The van der Waals surface area contributed by atoms with E-state index in [1.165, 1.54) is 25.7 Å². The quantitative estimate of drug-likeness (QED) is 0.878. The number of aliphatic hydroxyl groups is 1. The van der Waals surface area contributed by atoms with Crippen LogP contribution in [0.1, 0.15) is 44.9 Å². The normalized spacial score (nSPS) is 27.8. The Kier molecular flexibility index (Phi) is 4.46. The molecule has 1 N–H and O–H groups in total. The summed E-state index contributed by atoms with van der Waals surface area (Å²) in [5.41, 5.74) is -0.0180. The van der Waals surface area contributed by atoms with Gasteiger partial charge in [0.25, 0.3) is 0 Å². The van der Waals surface area contributed by atoms with E-state index in [1.807, 2.05) is 18.2 Å². The molecule has 0 bridgehead atoms. The second kappa shape index (κ2) is 6.17. The van der Waals surface area contributed by atoms with Crippen LogP contribution in [0.4, 0.5) is 0 Å². The van der Waals surface area contributed by atoms with Crippen LogP contribution in [-0.4, -0.2) is 24.4 Å². The first-order valence-electron chi connectivity index (χ1n) is 7.84. The number of hydrogen-bond donors (Lipinski definition) is 1. The molecule has 1 aromatic carbocycles. The number of rotatable bonds is 3. The summed E-state index contributed by atoms with van der Waals surface area (Å²) in [5, 5.41) is 10.3. The molecular weight excluding hydrogens is 332 g/mol. The van der Waals surface area contributed by atoms with Crippen LogP contribution in [0.15, 0.2) is 22.7 Å². The number of benzene rings is 1. The molecule has 2 atom stereocenters. The van der Waals surface area contributed by atoms with Gasteiger partial charge in [0, 0.05) is 11.8 Å². The molecule has 2 aliphatic rings. The van der Waals surface area contributed by atoms with E-state index < -0.39 is 0 Å². The van der Waals surface area contributed by atoms with Crippen molar-refractivity contribution in [1.82, 2.24) is 0 Å². The van der Waals surface area contributed by atoms with Gasteiger partial charge < -0.3 is 14.6 Å². The van der Waals surface area contributed by atoms with Gasteiger partial charge in [-0.25, -0.2) is 0 Å². The fourth-order valence-electron chi connectivity index (χ4n) is 3.79. The predicted molar refractivity (Wildman–Crippen MR) is 85.9 cm³/mol. The van der Waals surface area contributed by atoms with Gasteiger partial charge in [0.1, 0.15) is 17.6 Å². The molecular formula is C17H23BrO3. The van der Waals surface area contributed by atoms with Crippen LogP contribution in [0.3, 0.4) is 0 Å². The molecule has 3 rings (SSSR count). The molecule has 0 saturated heterocycles. The lowest BCUT2D eigenvalue weighted by Crippen LogP contribution is -2.59. The van der Waals surface area contributed by atoms with Gasteiger partial charge in [-0.15, -0.1) is 0 Å². The van der Waals surface area contributed by atoms with E-state index in [1.54, 1.807) is 7.11 Å². The molecule has 1 spiro atoms. The van der Waals surface area contributed by atoms with E-state index in [9.17, 15) is 5.11 Å². The van der Waals surface area contributed by atoms with Crippen molar-refractivity contribution in [2.24, 2.45) is 5.41 Å². The van der Waals surface area contributed by atoms with Crippen molar-refractivity contribution >= 4 is 15.9 Å². The lowest BCUT2D eigenvalue weighted by Gasteiger charge is -2.53. The van der Waals surface area contributed by atoms with Gasteiger partial charge in [0.2, 0.25) is 0 Å². The maximum absolute atomic E-state index is 10.3. The number of methoxy groups -OCH3 is 1. The first kappa shape index (κ1) is 15.2. The van der Waals surface area contributed by atoms with Crippen LogP contribution in [0.5, 0.6) is 11.5 Å². The summed E-state index contributed by atoms with van der Waals surface area (Å²) >= 11 is 3.55. The molecule has 0 amide bonds. The summed E-state index contributed by atoms with van der Waals surface area (Å²) in [4.78, 5) is 0. The zero-order valence-electron chi connectivity index (χ0n) is 12.5. The summed E-state index contributed by atoms with van der Waals surface area (Å²) in [6.45, 7) is 0. The van der Waals surface area contributed by atoms with E-state index in [-0.39, 0.29) is 17.6 Å². The first-order valence-corrected chi connectivity index (χ1v) is 8.63. The van der Waals surface area contributed by atoms with Crippen LogP contribution in [0.25, 0.3) is 0 Å². The molecule has 4 heteroatoms. The maximum atomic E-state index is 10.3. The van der Waals surface area contributed by atoms with Crippen LogP contribution in [0.2, 0.25) is 0 Å². The molecule has 116 valence electrons. The Morgan fingerprint density at radius 1 is 1.19 bits per heavy atom. The lowest BCUT2D eigenvalue weighted by molar-refractivity contribution is -0.163. The second-order valence-electron chi connectivity index (χ2n) is 6.30. The lowest BCUT2D eigenvalue weighted by atomic mass is 9.59. The highest BCUT2D eigenvalue weighted by Crippen LogP contribution is 2.52. The molecule has 2 saturated carbocycles. The molecule has 0 aromatic heterocycles. The highest BCUT2D eigenvalue weighted by Gasteiger charge is 2.55. The molecule has 3 nitrogen and oxygen atoms in total. The van der Waals surface area contributed by atoms with Crippen molar-refractivity contribution in [3.05, 3.63) is 22.7 Å². The molecule has 0 aliphatic heterocycles. The van der Waals surface area contributed by atoms with Crippen molar-refractivity contribution in [1.29, 1.82) is 0 Å². The predicted octanol–water partition coefficient (Wildman–Crippen LogP) is 4.31. The average Bonchev–Trinajstić information content (AvgIpc) is 2.76. The van der Waals surface area contributed by atoms with Gasteiger partial charge in [0.05, 0.1) is 17.7 Å². The Morgan fingerprint density at radius 2 is 1.90 bits per heavy atom. The van der Waals surface area contributed by atoms with Crippen molar-refractivity contribution in [2.45, 2.75) is 57.2 Å². The Hall–Kier alpha value is -0.740. The third-order valence-electron chi connectivity index (χ3n) is 5.18. The monoisotopic (exact) mass is 354 g/mol. The van der Waals surface area contributed by atoms with Crippen LogP contribution in [0, 0.1) is 5.41 Å². The van der Waals surface area contributed by atoms with E-state index >= 15 is 0 Å². The Balaban J connectivity index is 1.75. The zero-order valence-corrected chi connectivity index (χ0v) is 14.1. The standard InChI is InChI=1S/C17H23BrO3/c1-20-12-6-7-14(13(18)10-12)21-16-11-15(19)17(16)8-4-2-3-5-9-17/h6-7,10,15-16,19H,2-5,8-9,11H2,1H3. The zero-order chi connectivity index (χ0) is 14.9. The summed E-state index contributed by atoms with van der Waals surface area (Å²) in [6.07, 6.45) is 7.85. The van der Waals surface area contributed by atoms with Crippen molar-refractivity contribution in [3.63, 3.8) is 0 Å². The largest absolute Gasteiger partial charge is 0.497 e. The third kappa shape index (κ3) is 2.80. The molecule has 2 fully saturated rings. The fourth-order valence-corrected chi connectivity index (χ4v) is 4.24. The van der Waals surface area contributed by atoms with Gasteiger partial charge in [-0.05, 0) is 47.0 Å². The summed E-state index contributed by atoms with van der Waals surface area (Å²) in [5.74, 6) is 1.66. The molecule has 1 aromatic rings. The number of aliphatic hydroxyl groups excluding tert-OH is 1. The highest BCUT2D eigenvalue weighted by atomic mass is 79.9. The third-order valence-corrected chi connectivity index (χ3v) is 5.80. The van der Waals surface area contributed by atoms with Crippen LogP contribution in [-0.2, 0) is 0 Å². The van der Waals surface area contributed by atoms with E-state index in [4.69, 9.17) is 9.47 Å². The summed E-state index contributed by atoms with van der Waals surface area (Å²) in [6, 6.07) is 5.77. The number of hydrogen-bond acceptors (Lipinski definition) is 3. The van der Waals surface area contributed by atoms with Crippen molar-refractivity contribution in [2.75, 3.05) is 7.11 Å². The Morgan fingerprint density at radius 3 is 2.48 bits per heavy atom. The SMILES string of the molecule is COc1ccc(OC2CC(O)C23CCCCCC3)c(Br)c1. The van der Waals surface area contributed by atoms with Gasteiger partial charge >= 0.3 is 0 Å². The molecule has 2 aliphatic carbocycles. The van der Waals surface area contributed by atoms with Gasteiger partial charge in [-0.3, -0.25) is 0 Å². The minimum absolute atomic E-state index is 0.0180. The first-order chi connectivity index (χ1) is 10.2. The van der Waals surface area contributed by atoms with E-state index in [0.29, 0.717) is 0 Å². The molecule has 0 heterocycles. The molecule has 21 heavy (non-hydrogen) atoms. The number of halogens is 1. The van der Waals surface area contributed by atoms with Crippen LogP contribution < -0.4 is 9.47 Å². The topological polar surface area (TPSA) is 38.7 Å². The minimum atomic E-state index is -0.197. The molecule has 0 radical (unpaired) electrons. The van der Waals surface area contributed by atoms with Crippen LogP contribution >= 0.6 is 15.9 Å². The summed E-state index contributed by atoms with van der Waals surface area (Å²) < 4.78 is 12.4. The van der Waals surface area contributed by atoms with Gasteiger partial charge in [0.15, 0.2) is 0 Å². The second-order valence-corrected chi connectivity index (χ2v) is 7.16. The fraction of sp³-hybridized carbons (Fsp3) is 0.647. The Bertz CT molecular complexity index is 495. The van der Waals surface area contributed by atoms with E-state index in [2.05, 4.69) is 15.9 Å². The number of ether oxygens (including phenoxy) is 2. The smallest absolute Gasteiger partial charge is 0.134 e. The maximum Gasteiger partial charge on any atom is 0.134 e. The highest BCUT2D eigenvalue weighted by molar-refractivity contribution is 9.10. The van der Waals surface area contributed by atoms with Crippen molar-refractivity contribution in [3.8, 4) is 11.5 Å². The minimum Gasteiger partial charge on any atom is -0.497 e. The van der Waals surface area contributed by atoms with E-state index in [0.717, 1.165) is 35.2 Å². The summed E-state index contributed by atoms with van der Waals surface area (Å²) in [7, 11) is 1.66. The van der Waals surface area contributed by atoms with Crippen molar-refractivity contribution < 1.29 is 14.6 Å². The molecule has 2 unspecified atom stereocenters. The Labute approximate surface area is 134 Å². The van der Waals surface area contributed by atoms with Gasteiger partial charge in [-0.2, -0.15) is 0 Å². The van der Waals surface area contributed by atoms with Gasteiger partial charge in [-0.1, -0.05) is 25.7 Å². The average molecular weight is 355 g/mol.